The molecular formula is C22H19ClN2O2. The number of amides is 1. The fraction of sp³-hybridized carbons (Fsp3) is 0.0909. The zero-order chi connectivity index (χ0) is 19.1. The average Bonchev–Trinajstić information content (AvgIpc) is 2.68. The summed E-state index contributed by atoms with van der Waals surface area (Å²) >= 11 is 6.09. The van der Waals surface area contributed by atoms with Gasteiger partial charge in [-0.1, -0.05) is 41.9 Å². The summed E-state index contributed by atoms with van der Waals surface area (Å²) in [7, 11) is 0. The predicted octanol–water partition coefficient (Wildman–Crippen LogP) is 5.42. The van der Waals surface area contributed by atoms with Crippen molar-refractivity contribution in [3.05, 3.63) is 95.3 Å². The molecule has 1 aromatic heterocycles. The third-order valence-corrected chi connectivity index (χ3v) is 4.25. The van der Waals surface area contributed by atoms with E-state index >= 15 is 0 Å². The molecule has 1 N–H and O–H groups in total. The Balaban J connectivity index is 1.63. The highest BCUT2D eigenvalue weighted by Crippen LogP contribution is 2.24. The molecule has 136 valence electrons. The fourth-order valence-corrected chi connectivity index (χ4v) is 2.71. The maximum atomic E-state index is 12.2. The van der Waals surface area contributed by atoms with Crippen LogP contribution in [0.3, 0.4) is 0 Å². The second-order valence-electron chi connectivity index (χ2n) is 5.95. The Bertz CT molecular complexity index is 942. The van der Waals surface area contributed by atoms with Gasteiger partial charge in [-0.15, -0.1) is 0 Å². The van der Waals surface area contributed by atoms with E-state index in [1.54, 1.807) is 24.5 Å². The molecule has 27 heavy (non-hydrogen) atoms. The molecule has 0 fully saturated rings. The van der Waals surface area contributed by atoms with E-state index in [-0.39, 0.29) is 11.9 Å². The lowest BCUT2D eigenvalue weighted by atomic mass is 10.1. The molecule has 1 heterocycles. The number of rotatable bonds is 6. The van der Waals surface area contributed by atoms with Crippen LogP contribution in [0, 0.1) is 0 Å². The lowest BCUT2D eigenvalue weighted by Gasteiger charge is -2.14. The summed E-state index contributed by atoms with van der Waals surface area (Å²) in [6.07, 6.45) is 6.52. The largest absolute Gasteiger partial charge is 0.456 e. The molecule has 0 aliphatic rings. The molecule has 3 aromatic rings. The minimum atomic E-state index is -0.194. The van der Waals surface area contributed by atoms with Crippen LogP contribution in [-0.4, -0.2) is 10.9 Å². The van der Waals surface area contributed by atoms with Gasteiger partial charge in [-0.3, -0.25) is 9.78 Å². The van der Waals surface area contributed by atoms with E-state index in [1.165, 1.54) is 6.08 Å². The third-order valence-electron chi connectivity index (χ3n) is 3.91. The van der Waals surface area contributed by atoms with Crippen molar-refractivity contribution in [3.63, 3.8) is 0 Å². The molecule has 0 aliphatic carbocycles. The highest BCUT2D eigenvalue weighted by atomic mass is 35.5. The van der Waals surface area contributed by atoms with E-state index in [0.717, 1.165) is 11.1 Å². The summed E-state index contributed by atoms with van der Waals surface area (Å²) in [5.41, 5.74) is 1.74. The molecule has 1 atom stereocenters. The fourth-order valence-electron chi connectivity index (χ4n) is 2.51. The van der Waals surface area contributed by atoms with Crippen LogP contribution in [0.1, 0.15) is 24.1 Å². The molecule has 4 nitrogen and oxygen atoms in total. The normalized spacial score (nSPS) is 11.9. The first-order chi connectivity index (χ1) is 13.1. The summed E-state index contributed by atoms with van der Waals surface area (Å²) in [4.78, 5) is 16.2. The second-order valence-corrected chi connectivity index (χ2v) is 6.36. The number of aromatic nitrogens is 1. The van der Waals surface area contributed by atoms with E-state index < -0.39 is 0 Å². The molecule has 1 amide bonds. The molecule has 0 saturated carbocycles. The average molecular weight is 379 g/mol. The summed E-state index contributed by atoms with van der Waals surface area (Å²) in [5, 5.41) is 3.55. The lowest BCUT2D eigenvalue weighted by Crippen LogP contribution is -2.24. The lowest BCUT2D eigenvalue weighted by molar-refractivity contribution is -0.117. The van der Waals surface area contributed by atoms with Gasteiger partial charge in [0.1, 0.15) is 11.5 Å². The van der Waals surface area contributed by atoms with Crippen molar-refractivity contribution in [2.24, 2.45) is 0 Å². The maximum absolute atomic E-state index is 12.2. The minimum Gasteiger partial charge on any atom is -0.456 e. The molecular weight excluding hydrogens is 360 g/mol. The van der Waals surface area contributed by atoms with Crippen molar-refractivity contribution in [3.8, 4) is 11.5 Å². The SMILES string of the molecule is C[C@H](NC(=O)/C=C/c1ccccc1Cl)c1cccc(Oc2cccnc2)c1. The molecule has 5 heteroatoms. The third kappa shape index (κ3) is 5.43. The first kappa shape index (κ1) is 18.7. The van der Waals surface area contributed by atoms with Gasteiger partial charge in [0.15, 0.2) is 0 Å². The Labute approximate surface area is 163 Å². The Kier molecular flexibility index (Phi) is 6.23. The van der Waals surface area contributed by atoms with Gasteiger partial charge in [0.25, 0.3) is 0 Å². The summed E-state index contributed by atoms with van der Waals surface area (Å²) in [6.45, 7) is 1.92. The molecule has 0 unspecified atom stereocenters. The number of carbonyl (C=O) groups excluding carboxylic acids is 1. The van der Waals surface area contributed by atoms with Crippen LogP contribution in [0.25, 0.3) is 6.08 Å². The standard InChI is InChI=1S/C22H19ClN2O2/c1-16(25-22(26)12-11-17-6-2-3-10-21(17)23)18-7-4-8-19(14-18)27-20-9-5-13-24-15-20/h2-16H,1H3,(H,25,26)/b12-11+/t16-/m0/s1. The van der Waals surface area contributed by atoms with Gasteiger partial charge < -0.3 is 10.1 Å². The van der Waals surface area contributed by atoms with Crippen LogP contribution in [0.15, 0.2) is 79.1 Å². The van der Waals surface area contributed by atoms with Crippen LogP contribution in [-0.2, 0) is 4.79 Å². The number of hydrogen-bond acceptors (Lipinski definition) is 3. The number of nitrogens with one attached hydrogen (secondary N) is 1. The smallest absolute Gasteiger partial charge is 0.244 e. The number of halogens is 1. The van der Waals surface area contributed by atoms with Crippen LogP contribution in [0.5, 0.6) is 11.5 Å². The van der Waals surface area contributed by atoms with Crippen molar-refractivity contribution in [1.82, 2.24) is 10.3 Å². The zero-order valence-electron chi connectivity index (χ0n) is 14.8. The summed E-state index contributed by atoms with van der Waals surface area (Å²) < 4.78 is 5.79. The Morgan fingerprint density at radius 2 is 1.93 bits per heavy atom. The highest BCUT2D eigenvalue weighted by molar-refractivity contribution is 6.32. The topological polar surface area (TPSA) is 51.2 Å². The Morgan fingerprint density at radius 1 is 1.11 bits per heavy atom. The van der Waals surface area contributed by atoms with Gasteiger partial charge in [-0.2, -0.15) is 0 Å². The van der Waals surface area contributed by atoms with Gasteiger partial charge in [-0.25, -0.2) is 0 Å². The van der Waals surface area contributed by atoms with Gasteiger partial charge in [0, 0.05) is 17.3 Å². The number of ether oxygens (including phenoxy) is 1. The monoisotopic (exact) mass is 378 g/mol. The van der Waals surface area contributed by atoms with E-state index in [1.807, 2.05) is 61.5 Å². The van der Waals surface area contributed by atoms with Crippen LogP contribution >= 0.6 is 11.6 Å². The highest BCUT2D eigenvalue weighted by Gasteiger charge is 2.09. The summed E-state index contributed by atoms with van der Waals surface area (Å²) in [5.74, 6) is 1.16. The van der Waals surface area contributed by atoms with Gasteiger partial charge in [0.2, 0.25) is 5.91 Å². The van der Waals surface area contributed by atoms with Crippen LogP contribution in [0.2, 0.25) is 5.02 Å². The number of benzene rings is 2. The van der Waals surface area contributed by atoms with Gasteiger partial charge in [0.05, 0.1) is 12.2 Å². The Morgan fingerprint density at radius 3 is 2.70 bits per heavy atom. The van der Waals surface area contributed by atoms with Crippen molar-refractivity contribution >= 4 is 23.6 Å². The Hall–Kier alpha value is -3.11. The number of hydrogen-bond donors (Lipinski definition) is 1. The molecule has 0 radical (unpaired) electrons. The van der Waals surface area contributed by atoms with E-state index in [4.69, 9.17) is 16.3 Å². The molecule has 0 aliphatic heterocycles. The molecule has 3 rings (SSSR count). The first-order valence-electron chi connectivity index (χ1n) is 8.53. The van der Waals surface area contributed by atoms with E-state index in [9.17, 15) is 4.79 Å². The molecule has 0 spiro atoms. The van der Waals surface area contributed by atoms with E-state index in [0.29, 0.717) is 16.5 Å². The predicted molar refractivity (Wildman–Crippen MR) is 108 cm³/mol. The van der Waals surface area contributed by atoms with Crippen LogP contribution < -0.4 is 10.1 Å². The zero-order valence-corrected chi connectivity index (χ0v) is 15.6. The van der Waals surface area contributed by atoms with Crippen molar-refractivity contribution in [1.29, 1.82) is 0 Å². The molecule has 0 bridgehead atoms. The van der Waals surface area contributed by atoms with Crippen molar-refractivity contribution in [2.75, 3.05) is 0 Å². The van der Waals surface area contributed by atoms with E-state index in [2.05, 4.69) is 10.3 Å². The van der Waals surface area contributed by atoms with Gasteiger partial charge >= 0.3 is 0 Å². The second kappa shape index (κ2) is 9.01. The molecule has 0 saturated heterocycles. The minimum absolute atomic E-state index is 0.175. The van der Waals surface area contributed by atoms with Crippen molar-refractivity contribution < 1.29 is 9.53 Å². The van der Waals surface area contributed by atoms with Crippen molar-refractivity contribution in [2.45, 2.75) is 13.0 Å². The number of nitrogens with zero attached hydrogens (tertiary/aromatic N) is 1. The van der Waals surface area contributed by atoms with Gasteiger partial charge in [-0.05, 0) is 54.5 Å². The van der Waals surface area contributed by atoms with Crippen LogP contribution in [0.4, 0.5) is 0 Å². The maximum Gasteiger partial charge on any atom is 0.244 e. The molecule has 2 aromatic carbocycles. The first-order valence-corrected chi connectivity index (χ1v) is 8.90. The summed E-state index contributed by atoms with van der Waals surface area (Å²) in [6, 6.07) is 18.4. The number of pyridine rings is 1. The number of carbonyl (C=O) groups is 1. The quantitative estimate of drug-likeness (QED) is 0.583.